The maximum Gasteiger partial charge on any atom is 0.345 e. The maximum absolute atomic E-state index is 11.9. The average molecular weight is 517 g/mol. The van der Waals surface area contributed by atoms with E-state index in [4.69, 9.17) is 4.74 Å². The van der Waals surface area contributed by atoms with Gasteiger partial charge >= 0.3 is 11.9 Å². The van der Waals surface area contributed by atoms with Crippen LogP contribution in [-0.4, -0.2) is 59.9 Å². The number of ether oxygens (including phenoxy) is 3. The van der Waals surface area contributed by atoms with Gasteiger partial charge in [0.15, 0.2) is 0 Å². The van der Waals surface area contributed by atoms with Crippen molar-refractivity contribution in [3.05, 3.63) is 77.4 Å². The zero-order chi connectivity index (χ0) is 27.2. The fraction of sp³-hybridized carbons (Fsp3) is 0.214. The minimum Gasteiger partial charge on any atom is -0.505 e. The first-order valence-corrected chi connectivity index (χ1v) is 11.8. The standard InChI is InChI=1S/C28H28N4O6/c1-5-31(20-11-9-18(10-12-20)15-22(27(34)37-3)28(35)38-4)17-19-7-6-8-25(26(19)33)32-29-23-14-13-21(36-2)16-24(23)30-32/h6-16,33H,5,17H2,1-4H3. The third kappa shape index (κ3) is 5.44. The van der Waals surface area contributed by atoms with Gasteiger partial charge in [0.25, 0.3) is 0 Å². The van der Waals surface area contributed by atoms with E-state index in [1.165, 1.54) is 25.1 Å². The zero-order valence-corrected chi connectivity index (χ0v) is 21.5. The SMILES string of the molecule is CCN(Cc1cccc(-n2nc3ccc(OC)cc3n2)c1O)c1ccc(C=C(C(=O)OC)C(=O)OC)cc1. The van der Waals surface area contributed by atoms with Crippen molar-refractivity contribution in [2.45, 2.75) is 13.5 Å². The molecule has 0 bridgehead atoms. The van der Waals surface area contributed by atoms with Gasteiger partial charge in [-0.25, -0.2) is 9.59 Å². The number of anilines is 1. The van der Waals surface area contributed by atoms with E-state index in [1.807, 2.05) is 43.3 Å². The molecule has 0 unspecified atom stereocenters. The van der Waals surface area contributed by atoms with Crippen LogP contribution >= 0.6 is 0 Å². The Labute approximate surface area is 219 Å². The van der Waals surface area contributed by atoms with Crippen molar-refractivity contribution in [1.82, 2.24) is 15.0 Å². The Kier molecular flexibility index (Phi) is 7.91. The van der Waals surface area contributed by atoms with E-state index in [-0.39, 0.29) is 11.3 Å². The number of phenols is 1. The molecule has 0 amide bonds. The van der Waals surface area contributed by atoms with Crippen molar-refractivity contribution in [3.63, 3.8) is 0 Å². The van der Waals surface area contributed by atoms with Crippen molar-refractivity contribution in [3.8, 4) is 17.2 Å². The van der Waals surface area contributed by atoms with Crippen LogP contribution in [0, 0.1) is 0 Å². The van der Waals surface area contributed by atoms with E-state index in [2.05, 4.69) is 24.6 Å². The maximum atomic E-state index is 11.9. The van der Waals surface area contributed by atoms with Crippen LogP contribution in [0.2, 0.25) is 0 Å². The lowest BCUT2D eigenvalue weighted by molar-refractivity contribution is -0.143. The molecule has 1 N–H and O–H groups in total. The van der Waals surface area contributed by atoms with Gasteiger partial charge in [-0.15, -0.1) is 15.0 Å². The predicted molar refractivity (Wildman–Crippen MR) is 142 cm³/mol. The fourth-order valence-corrected chi connectivity index (χ4v) is 3.96. The smallest absolute Gasteiger partial charge is 0.345 e. The van der Waals surface area contributed by atoms with Crippen LogP contribution in [0.4, 0.5) is 5.69 Å². The quantitative estimate of drug-likeness (QED) is 0.153. The summed E-state index contributed by atoms with van der Waals surface area (Å²) >= 11 is 0. The van der Waals surface area contributed by atoms with Crippen LogP contribution in [0.3, 0.4) is 0 Å². The Balaban J connectivity index is 1.58. The third-order valence-corrected chi connectivity index (χ3v) is 6.02. The molecule has 38 heavy (non-hydrogen) atoms. The first-order chi connectivity index (χ1) is 18.4. The van der Waals surface area contributed by atoms with Crippen LogP contribution in [0.5, 0.6) is 11.5 Å². The highest BCUT2D eigenvalue weighted by atomic mass is 16.5. The number of benzene rings is 3. The summed E-state index contributed by atoms with van der Waals surface area (Å²) in [6.45, 7) is 3.10. The number of carbonyl (C=O) groups excluding carboxylic acids is 2. The van der Waals surface area contributed by atoms with Crippen molar-refractivity contribution in [2.24, 2.45) is 0 Å². The largest absolute Gasteiger partial charge is 0.505 e. The highest BCUT2D eigenvalue weighted by molar-refractivity contribution is 6.17. The van der Waals surface area contributed by atoms with Crippen molar-refractivity contribution >= 4 is 34.7 Å². The third-order valence-electron chi connectivity index (χ3n) is 6.02. The molecule has 10 nitrogen and oxygen atoms in total. The van der Waals surface area contributed by atoms with Gasteiger partial charge in [0.2, 0.25) is 0 Å². The Hall–Kier alpha value is -4.86. The first kappa shape index (κ1) is 26.2. The number of hydrogen-bond acceptors (Lipinski definition) is 9. The summed E-state index contributed by atoms with van der Waals surface area (Å²) in [6, 6.07) is 18.2. The molecule has 0 aliphatic heterocycles. The molecule has 1 aromatic heterocycles. The van der Waals surface area contributed by atoms with E-state index >= 15 is 0 Å². The van der Waals surface area contributed by atoms with E-state index < -0.39 is 11.9 Å². The van der Waals surface area contributed by atoms with Gasteiger partial charge in [0, 0.05) is 30.4 Å². The summed E-state index contributed by atoms with van der Waals surface area (Å²) in [6.07, 6.45) is 1.42. The average Bonchev–Trinajstić information content (AvgIpc) is 3.38. The van der Waals surface area contributed by atoms with Gasteiger partial charge in [-0.2, -0.15) is 0 Å². The molecule has 10 heteroatoms. The number of hydrogen-bond donors (Lipinski definition) is 1. The van der Waals surface area contributed by atoms with Gasteiger partial charge in [-0.1, -0.05) is 24.3 Å². The summed E-state index contributed by atoms with van der Waals surface area (Å²) in [4.78, 5) is 27.4. The molecule has 0 fully saturated rings. The Morgan fingerprint density at radius 1 is 0.947 bits per heavy atom. The molecule has 196 valence electrons. The molecule has 0 radical (unpaired) electrons. The predicted octanol–water partition coefficient (Wildman–Crippen LogP) is 3.89. The number of methoxy groups -OCH3 is 3. The molecule has 0 saturated carbocycles. The van der Waals surface area contributed by atoms with E-state index in [9.17, 15) is 14.7 Å². The van der Waals surface area contributed by atoms with Gasteiger partial charge in [-0.3, -0.25) is 0 Å². The number of fused-ring (bicyclic) bond motifs is 1. The normalized spacial score (nSPS) is 10.6. The molecule has 0 atom stereocenters. The van der Waals surface area contributed by atoms with Gasteiger partial charge in [0.05, 0.1) is 21.3 Å². The topological polar surface area (TPSA) is 116 Å². The lowest BCUT2D eigenvalue weighted by Gasteiger charge is -2.24. The van der Waals surface area contributed by atoms with Gasteiger partial charge in [0.1, 0.15) is 33.8 Å². The number of aromatic hydroxyl groups is 1. The number of phenolic OH excluding ortho intramolecular Hbond substituents is 1. The molecular weight excluding hydrogens is 488 g/mol. The van der Waals surface area contributed by atoms with Crippen molar-refractivity contribution in [2.75, 3.05) is 32.8 Å². The molecular formula is C28H28N4O6. The van der Waals surface area contributed by atoms with Crippen LogP contribution in [-0.2, 0) is 25.6 Å². The number of aromatic nitrogens is 3. The highest BCUT2D eigenvalue weighted by Gasteiger charge is 2.20. The number of carbonyl (C=O) groups is 2. The Morgan fingerprint density at radius 2 is 1.63 bits per heavy atom. The number of nitrogens with zero attached hydrogens (tertiary/aromatic N) is 4. The minimum absolute atomic E-state index is 0.0820. The molecule has 3 aromatic carbocycles. The fourth-order valence-electron chi connectivity index (χ4n) is 3.96. The molecule has 0 aliphatic rings. The summed E-state index contributed by atoms with van der Waals surface area (Å²) in [5.41, 5.74) is 3.83. The zero-order valence-electron chi connectivity index (χ0n) is 21.5. The second-order valence-corrected chi connectivity index (χ2v) is 8.28. The molecule has 4 aromatic rings. The minimum atomic E-state index is -0.773. The van der Waals surface area contributed by atoms with Crippen LogP contribution in [0.1, 0.15) is 18.1 Å². The highest BCUT2D eigenvalue weighted by Crippen LogP contribution is 2.29. The molecule has 4 rings (SSSR count). The molecule has 0 aliphatic carbocycles. The van der Waals surface area contributed by atoms with Gasteiger partial charge in [-0.05, 0) is 48.9 Å². The number of para-hydroxylation sites is 1. The summed E-state index contributed by atoms with van der Waals surface area (Å²) in [7, 11) is 3.99. The first-order valence-electron chi connectivity index (χ1n) is 11.8. The van der Waals surface area contributed by atoms with Crippen LogP contribution in [0.15, 0.2) is 66.2 Å². The lowest BCUT2D eigenvalue weighted by Crippen LogP contribution is -2.22. The van der Waals surface area contributed by atoms with E-state index in [0.717, 1.165) is 5.69 Å². The number of rotatable bonds is 9. The molecule has 0 saturated heterocycles. The van der Waals surface area contributed by atoms with Crippen LogP contribution in [0.25, 0.3) is 22.8 Å². The van der Waals surface area contributed by atoms with Gasteiger partial charge < -0.3 is 24.2 Å². The van der Waals surface area contributed by atoms with E-state index in [1.54, 1.807) is 31.4 Å². The van der Waals surface area contributed by atoms with E-state index in [0.29, 0.717) is 46.7 Å². The molecule has 0 spiro atoms. The Bertz CT molecular complexity index is 1480. The summed E-state index contributed by atoms with van der Waals surface area (Å²) < 4.78 is 14.6. The number of esters is 2. The second kappa shape index (κ2) is 11.5. The second-order valence-electron chi connectivity index (χ2n) is 8.28. The summed E-state index contributed by atoms with van der Waals surface area (Å²) in [5.74, 6) is -0.789. The van der Waals surface area contributed by atoms with Crippen LogP contribution < -0.4 is 9.64 Å². The van der Waals surface area contributed by atoms with Crippen molar-refractivity contribution < 1.29 is 28.9 Å². The molecule has 1 heterocycles. The lowest BCUT2D eigenvalue weighted by atomic mass is 10.1. The van der Waals surface area contributed by atoms with Crippen molar-refractivity contribution in [1.29, 1.82) is 0 Å². The Morgan fingerprint density at radius 3 is 2.26 bits per heavy atom. The summed E-state index contributed by atoms with van der Waals surface area (Å²) in [5, 5.41) is 20.1. The monoisotopic (exact) mass is 516 g/mol.